The summed E-state index contributed by atoms with van der Waals surface area (Å²) in [5.41, 5.74) is 1.45. The van der Waals surface area contributed by atoms with Crippen molar-refractivity contribution in [2.24, 2.45) is 0 Å². The van der Waals surface area contributed by atoms with Crippen LogP contribution in [0, 0.1) is 0 Å². The Morgan fingerprint density at radius 1 is 1.00 bits per heavy atom. The van der Waals surface area contributed by atoms with E-state index in [1.807, 2.05) is 30.3 Å². The van der Waals surface area contributed by atoms with Crippen molar-refractivity contribution in [3.63, 3.8) is 0 Å². The Kier molecular flexibility index (Phi) is 7.88. The molecule has 0 unspecified atom stereocenters. The lowest BCUT2D eigenvalue weighted by atomic mass is 10.1. The second-order valence-electron chi connectivity index (χ2n) is 8.45. The highest BCUT2D eigenvalue weighted by Gasteiger charge is 2.31. The van der Waals surface area contributed by atoms with E-state index in [-0.39, 0.29) is 36.0 Å². The van der Waals surface area contributed by atoms with Gasteiger partial charge in [-0.2, -0.15) is 18.2 Å². The van der Waals surface area contributed by atoms with Crippen LogP contribution in [0.4, 0.5) is 18.9 Å². The topological polar surface area (TPSA) is 78.3 Å². The second kappa shape index (κ2) is 11.3. The molecule has 4 rings (SSSR count). The third-order valence-corrected chi connectivity index (χ3v) is 5.12. The molecular weight excluding hydrogens is 485 g/mol. The summed E-state index contributed by atoms with van der Waals surface area (Å²) in [4.78, 5) is 16.6. The van der Waals surface area contributed by atoms with Gasteiger partial charge < -0.3 is 14.8 Å². The molecule has 0 saturated heterocycles. The quantitative estimate of drug-likeness (QED) is 0.304. The van der Waals surface area contributed by atoms with E-state index in [0.29, 0.717) is 18.0 Å². The highest BCUT2D eigenvalue weighted by Crippen LogP contribution is 2.33. The van der Waals surface area contributed by atoms with Gasteiger partial charge in [-0.1, -0.05) is 42.5 Å². The molecule has 0 saturated carbocycles. The number of hydrogen-bond donors (Lipinski definition) is 1. The molecule has 3 aromatic carbocycles. The van der Waals surface area contributed by atoms with Crippen LogP contribution in [0.1, 0.15) is 25.0 Å². The molecule has 1 N–H and O–H groups in total. The van der Waals surface area contributed by atoms with Gasteiger partial charge in [0.05, 0.1) is 24.0 Å². The van der Waals surface area contributed by atoms with Crippen molar-refractivity contribution in [1.82, 2.24) is 14.8 Å². The van der Waals surface area contributed by atoms with Gasteiger partial charge >= 0.3 is 12.2 Å². The van der Waals surface area contributed by atoms with E-state index >= 15 is 0 Å². The van der Waals surface area contributed by atoms with Gasteiger partial charge in [0.2, 0.25) is 5.91 Å². The zero-order valence-corrected chi connectivity index (χ0v) is 20.2. The molecule has 192 valence electrons. The number of benzene rings is 3. The van der Waals surface area contributed by atoms with Crippen molar-refractivity contribution in [1.29, 1.82) is 0 Å². The first-order valence-electron chi connectivity index (χ1n) is 11.5. The fraction of sp³-hybridized carbons (Fsp3) is 0.222. The molecule has 0 spiro atoms. The number of carbonyl (C=O) groups is 1. The molecule has 7 nitrogen and oxygen atoms in total. The molecule has 0 fully saturated rings. The summed E-state index contributed by atoms with van der Waals surface area (Å²) < 4.78 is 52.3. The molecule has 37 heavy (non-hydrogen) atoms. The van der Waals surface area contributed by atoms with Crippen LogP contribution in [0.5, 0.6) is 6.01 Å². The Bertz CT molecular complexity index is 1340. The normalized spacial score (nSPS) is 11.5. The standard InChI is InChI=1S/C27H25F3N4O3/c1-18(2)37-26-32-25(20-9-6-10-21(15-20)27(28,29)30)34(33-26)23-13-11-22(12-14-23)31-24(35)17-36-16-19-7-4-3-5-8-19/h3-15,18H,16-17H2,1-2H3,(H,31,35). The fourth-order valence-corrected chi connectivity index (χ4v) is 3.47. The van der Waals surface area contributed by atoms with Crippen LogP contribution in [0.25, 0.3) is 17.1 Å². The molecule has 10 heteroatoms. The minimum Gasteiger partial charge on any atom is -0.460 e. The van der Waals surface area contributed by atoms with Crippen LogP contribution < -0.4 is 10.1 Å². The van der Waals surface area contributed by atoms with Crippen LogP contribution >= 0.6 is 0 Å². The van der Waals surface area contributed by atoms with E-state index in [4.69, 9.17) is 9.47 Å². The first-order valence-corrected chi connectivity index (χ1v) is 11.5. The zero-order chi connectivity index (χ0) is 26.4. The number of halogens is 3. The summed E-state index contributed by atoms with van der Waals surface area (Å²) >= 11 is 0. The predicted molar refractivity (Wildman–Crippen MR) is 132 cm³/mol. The van der Waals surface area contributed by atoms with Gasteiger partial charge in [-0.25, -0.2) is 4.68 Å². The highest BCUT2D eigenvalue weighted by atomic mass is 19.4. The van der Waals surface area contributed by atoms with Gasteiger partial charge in [0, 0.05) is 11.3 Å². The summed E-state index contributed by atoms with van der Waals surface area (Å²) in [6, 6.07) is 21.1. The number of rotatable bonds is 9. The number of alkyl halides is 3. The first-order chi connectivity index (χ1) is 17.7. The third-order valence-electron chi connectivity index (χ3n) is 5.12. The minimum absolute atomic E-state index is 0.0374. The van der Waals surface area contributed by atoms with Crippen LogP contribution in [-0.2, 0) is 22.3 Å². The number of hydrogen-bond acceptors (Lipinski definition) is 5. The van der Waals surface area contributed by atoms with Gasteiger partial charge in [0.1, 0.15) is 6.61 Å². The Morgan fingerprint density at radius 3 is 2.41 bits per heavy atom. The summed E-state index contributed by atoms with van der Waals surface area (Å²) in [7, 11) is 0. The van der Waals surface area contributed by atoms with Crippen molar-refractivity contribution in [3.8, 4) is 23.1 Å². The smallest absolute Gasteiger partial charge is 0.416 e. The number of ether oxygens (including phenoxy) is 2. The fourth-order valence-electron chi connectivity index (χ4n) is 3.47. The number of nitrogens with zero attached hydrogens (tertiary/aromatic N) is 3. The maximum absolute atomic E-state index is 13.3. The second-order valence-corrected chi connectivity index (χ2v) is 8.45. The Morgan fingerprint density at radius 2 is 1.73 bits per heavy atom. The molecule has 1 heterocycles. The van der Waals surface area contributed by atoms with E-state index in [1.54, 1.807) is 38.1 Å². The van der Waals surface area contributed by atoms with Gasteiger partial charge in [-0.3, -0.25) is 4.79 Å². The molecule has 0 bridgehead atoms. The highest BCUT2D eigenvalue weighted by molar-refractivity contribution is 5.91. The maximum atomic E-state index is 13.3. The molecule has 1 amide bonds. The van der Waals surface area contributed by atoms with Crippen molar-refractivity contribution < 1.29 is 27.4 Å². The largest absolute Gasteiger partial charge is 0.460 e. The van der Waals surface area contributed by atoms with Gasteiger partial charge in [0.25, 0.3) is 0 Å². The number of amides is 1. The van der Waals surface area contributed by atoms with Gasteiger partial charge in [-0.15, -0.1) is 5.10 Å². The molecule has 0 aliphatic heterocycles. The summed E-state index contributed by atoms with van der Waals surface area (Å²) in [6.45, 7) is 3.80. The molecule has 1 aromatic heterocycles. The molecule has 0 radical (unpaired) electrons. The van der Waals surface area contributed by atoms with Crippen LogP contribution in [0.15, 0.2) is 78.9 Å². The van der Waals surface area contributed by atoms with Crippen LogP contribution in [0.2, 0.25) is 0 Å². The minimum atomic E-state index is -4.50. The Balaban J connectivity index is 1.51. The number of aromatic nitrogens is 3. The van der Waals surface area contributed by atoms with Crippen molar-refractivity contribution in [2.75, 3.05) is 11.9 Å². The van der Waals surface area contributed by atoms with Crippen molar-refractivity contribution in [3.05, 3.63) is 90.0 Å². The SMILES string of the molecule is CC(C)Oc1nc(-c2cccc(C(F)(F)F)c2)n(-c2ccc(NC(=O)COCc3ccccc3)cc2)n1. The number of carbonyl (C=O) groups excluding carboxylic acids is 1. The Hall–Kier alpha value is -4.18. The zero-order valence-electron chi connectivity index (χ0n) is 20.2. The lowest BCUT2D eigenvalue weighted by molar-refractivity contribution is -0.137. The monoisotopic (exact) mass is 510 g/mol. The molecular formula is C27H25F3N4O3. The van der Waals surface area contributed by atoms with E-state index in [9.17, 15) is 18.0 Å². The Labute approximate surface area is 211 Å². The van der Waals surface area contributed by atoms with Gasteiger partial charge in [-0.05, 0) is 55.8 Å². The maximum Gasteiger partial charge on any atom is 0.416 e. The van der Waals surface area contributed by atoms with E-state index in [0.717, 1.165) is 17.7 Å². The summed E-state index contributed by atoms with van der Waals surface area (Å²) in [5.74, 6) is -0.130. The number of nitrogens with one attached hydrogen (secondary N) is 1. The number of anilines is 1. The van der Waals surface area contributed by atoms with E-state index in [2.05, 4.69) is 15.4 Å². The average Bonchev–Trinajstić information content (AvgIpc) is 3.28. The first kappa shape index (κ1) is 25.9. The molecule has 0 aliphatic carbocycles. The van der Waals surface area contributed by atoms with Crippen LogP contribution in [0.3, 0.4) is 0 Å². The van der Waals surface area contributed by atoms with E-state index in [1.165, 1.54) is 16.8 Å². The summed E-state index contributed by atoms with van der Waals surface area (Å²) in [5, 5.41) is 7.09. The summed E-state index contributed by atoms with van der Waals surface area (Å²) in [6.07, 6.45) is -4.73. The van der Waals surface area contributed by atoms with E-state index < -0.39 is 11.7 Å². The molecule has 0 aliphatic rings. The average molecular weight is 511 g/mol. The third kappa shape index (κ3) is 6.95. The lowest BCUT2D eigenvalue weighted by Crippen LogP contribution is -2.18. The van der Waals surface area contributed by atoms with Crippen molar-refractivity contribution in [2.45, 2.75) is 32.7 Å². The molecule has 4 aromatic rings. The van der Waals surface area contributed by atoms with Crippen molar-refractivity contribution >= 4 is 11.6 Å². The predicted octanol–water partition coefficient (Wildman–Crippen LogP) is 5.90. The van der Waals surface area contributed by atoms with Crippen LogP contribution in [-0.4, -0.2) is 33.4 Å². The van der Waals surface area contributed by atoms with Gasteiger partial charge in [0.15, 0.2) is 5.82 Å². The lowest BCUT2D eigenvalue weighted by Gasteiger charge is -2.10. The molecule has 0 atom stereocenters.